The minimum atomic E-state index is -0.471. The Morgan fingerprint density at radius 2 is 1.88 bits per heavy atom. The number of benzene rings is 2. The average molecular weight is 433 g/mol. The number of carbonyl (C=O) groups is 1. The Balaban J connectivity index is 1.59. The molecule has 0 aliphatic heterocycles. The first kappa shape index (κ1) is 21.1. The smallest absolute Gasteiger partial charge is 0.351 e. The third kappa shape index (κ3) is 4.46. The van der Waals surface area contributed by atoms with Crippen molar-refractivity contribution < 1.29 is 14.3 Å². The van der Waals surface area contributed by atoms with E-state index in [-0.39, 0.29) is 18.1 Å². The molecule has 9 nitrogen and oxygen atoms in total. The van der Waals surface area contributed by atoms with Gasteiger partial charge in [-0.05, 0) is 56.2 Å². The van der Waals surface area contributed by atoms with Gasteiger partial charge in [-0.25, -0.2) is 18.9 Å². The van der Waals surface area contributed by atoms with Crippen molar-refractivity contribution in [1.82, 2.24) is 19.2 Å². The van der Waals surface area contributed by atoms with Gasteiger partial charge in [0.2, 0.25) is 11.6 Å². The lowest BCUT2D eigenvalue weighted by atomic mass is 10.1. The van der Waals surface area contributed by atoms with Crippen molar-refractivity contribution in [1.29, 1.82) is 0 Å². The summed E-state index contributed by atoms with van der Waals surface area (Å²) in [5.74, 6) is 0.914. The molecule has 2 aromatic carbocycles. The maximum absolute atomic E-state index is 12.8. The highest BCUT2D eigenvalue weighted by Crippen LogP contribution is 2.25. The van der Waals surface area contributed by atoms with Gasteiger partial charge in [-0.1, -0.05) is 18.2 Å². The van der Waals surface area contributed by atoms with Crippen LogP contribution in [0.5, 0.6) is 17.4 Å². The summed E-state index contributed by atoms with van der Waals surface area (Å²) in [6, 6.07) is 12.9. The number of rotatable bonds is 7. The molecule has 0 radical (unpaired) electrons. The highest BCUT2D eigenvalue weighted by Gasteiger charge is 2.16. The zero-order valence-electron chi connectivity index (χ0n) is 18.0. The average Bonchev–Trinajstić information content (AvgIpc) is 3.05. The summed E-state index contributed by atoms with van der Waals surface area (Å²) < 4.78 is 13.8. The van der Waals surface area contributed by atoms with E-state index in [0.29, 0.717) is 23.8 Å². The normalized spacial score (nSPS) is 10.8. The van der Waals surface area contributed by atoms with Gasteiger partial charge >= 0.3 is 5.69 Å². The lowest BCUT2D eigenvalue weighted by Gasteiger charge is -2.10. The molecule has 4 aromatic rings. The van der Waals surface area contributed by atoms with E-state index in [1.54, 1.807) is 18.2 Å². The number of anilines is 1. The maximum atomic E-state index is 12.8. The minimum absolute atomic E-state index is 0.176. The van der Waals surface area contributed by atoms with Gasteiger partial charge in [-0.2, -0.15) is 0 Å². The Kier molecular flexibility index (Phi) is 5.89. The standard InChI is InChI=1S/C23H23N5O4/c1-4-31-19-8-6-5-7-18(19)25-20(29)14-28-23(30)27-10-9-24-22(21(27)26-28)32-17-12-15(2)11-16(3)13-17/h5-13H,4,14H2,1-3H3,(H,25,29). The highest BCUT2D eigenvalue weighted by molar-refractivity contribution is 5.92. The van der Waals surface area contributed by atoms with Crippen LogP contribution in [0.25, 0.3) is 5.65 Å². The first-order valence-electron chi connectivity index (χ1n) is 10.2. The molecule has 2 aromatic heterocycles. The Hall–Kier alpha value is -4.14. The number of amides is 1. The fraction of sp³-hybridized carbons (Fsp3) is 0.217. The van der Waals surface area contributed by atoms with Crippen LogP contribution in [0.4, 0.5) is 5.69 Å². The number of nitrogens with zero attached hydrogens (tertiary/aromatic N) is 4. The van der Waals surface area contributed by atoms with E-state index < -0.39 is 11.6 Å². The molecule has 0 aliphatic carbocycles. The van der Waals surface area contributed by atoms with Gasteiger partial charge in [0.05, 0.1) is 12.3 Å². The molecular weight excluding hydrogens is 410 g/mol. The third-order valence-corrected chi connectivity index (χ3v) is 4.63. The van der Waals surface area contributed by atoms with Crippen molar-refractivity contribution in [2.45, 2.75) is 27.3 Å². The monoisotopic (exact) mass is 433 g/mol. The molecule has 32 heavy (non-hydrogen) atoms. The second-order valence-corrected chi connectivity index (χ2v) is 7.27. The van der Waals surface area contributed by atoms with Crippen LogP contribution < -0.4 is 20.5 Å². The molecule has 1 amide bonds. The van der Waals surface area contributed by atoms with Crippen molar-refractivity contribution in [3.05, 3.63) is 76.5 Å². The van der Waals surface area contributed by atoms with E-state index in [9.17, 15) is 9.59 Å². The lowest BCUT2D eigenvalue weighted by Crippen LogP contribution is -2.28. The summed E-state index contributed by atoms with van der Waals surface area (Å²) in [6.07, 6.45) is 2.94. The molecule has 0 spiro atoms. The molecule has 0 fully saturated rings. The summed E-state index contributed by atoms with van der Waals surface area (Å²) in [6.45, 7) is 5.99. The van der Waals surface area contributed by atoms with Gasteiger partial charge in [0.1, 0.15) is 18.0 Å². The molecule has 0 aliphatic rings. The van der Waals surface area contributed by atoms with Gasteiger partial charge in [0.15, 0.2) is 0 Å². The van der Waals surface area contributed by atoms with Gasteiger partial charge in [-0.3, -0.25) is 4.79 Å². The molecule has 0 saturated heterocycles. The molecule has 164 valence electrons. The van der Waals surface area contributed by atoms with Crippen LogP contribution in [0.3, 0.4) is 0 Å². The van der Waals surface area contributed by atoms with Crippen LogP contribution in [0, 0.1) is 13.8 Å². The first-order valence-corrected chi connectivity index (χ1v) is 10.2. The molecule has 0 saturated carbocycles. The highest BCUT2D eigenvalue weighted by atomic mass is 16.5. The Labute approximate surface area is 184 Å². The number of ether oxygens (including phenoxy) is 2. The van der Waals surface area contributed by atoms with Gasteiger partial charge in [-0.15, -0.1) is 5.10 Å². The Morgan fingerprint density at radius 1 is 1.12 bits per heavy atom. The topological polar surface area (TPSA) is 99.8 Å². The molecule has 9 heteroatoms. The number of hydrogen-bond acceptors (Lipinski definition) is 6. The number of fused-ring (bicyclic) bond motifs is 1. The van der Waals surface area contributed by atoms with Crippen molar-refractivity contribution in [2.75, 3.05) is 11.9 Å². The fourth-order valence-electron chi connectivity index (χ4n) is 3.38. The molecule has 0 atom stereocenters. The largest absolute Gasteiger partial charge is 0.492 e. The molecule has 0 unspecified atom stereocenters. The summed E-state index contributed by atoms with van der Waals surface area (Å²) in [5, 5.41) is 7.04. The van der Waals surface area contributed by atoms with E-state index in [1.807, 2.05) is 45.0 Å². The van der Waals surface area contributed by atoms with Crippen molar-refractivity contribution >= 4 is 17.2 Å². The van der Waals surface area contributed by atoms with Crippen LogP contribution in [0.1, 0.15) is 18.1 Å². The SMILES string of the molecule is CCOc1ccccc1NC(=O)Cn1nc2c(Oc3cc(C)cc(C)c3)nccn2c1=O. The molecule has 4 rings (SSSR count). The molecule has 2 heterocycles. The van der Waals surface area contributed by atoms with E-state index in [4.69, 9.17) is 9.47 Å². The van der Waals surface area contributed by atoms with Crippen molar-refractivity contribution in [3.63, 3.8) is 0 Å². The predicted octanol–water partition coefficient (Wildman–Crippen LogP) is 3.34. The van der Waals surface area contributed by atoms with Crippen LogP contribution in [-0.2, 0) is 11.3 Å². The van der Waals surface area contributed by atoms with Crippen molar-refractivity contribution in [2.24, 2.45) is 0 Å². The zero-order valence-corrected chi connectivity index (χ0v) is 18.0. The zero-order chi connectivity index (χ0) is 22.7. The molecular formula is C23H23N5O4. The number of aromatic nitrogens is 4. The quantitative estimate of drug-likeness (QED) is 0.480. The Morgan fingerprint density at radius 3 is 2.62 bits per heavy atom. The van der Waals surface area contributed by atoms with Crippen LogP contribution in [0.15, 0.2) is 59.7 Å². The van der Waals surface area contributed by atoms with E-state index >= 15 is 0 Å². The van der Waals surface area contributed by atoms with Crippen molar-refractivity contribution in [3.8, 4) is 17.4 Å². The van der Waals surface area contributed by atoms with E-state index in [2.05, 4.69) is 15.4 Å². The third-order valence-electron chi connectivity index (χ3n) is 4.63. The maximum Gasteiger partial charge on any atom is 0.351 e. The van der Waals surface area contributed by atoms with E-state index in [0.717, 1.165) is 15.8 Å². The predicted molar refractivity (Wildman–Crippen MR) is 119 cm³/mol. The number of para-hydroxylation sites is 2. The summed E-state index contributed by atoms with van der Waals surface area (Å²) in [7, 11) is 0. The first-order chi connectivity index (χ1) is 15.4. The number of carbonyl (C=O) groups excluding carboxylic acids is 1. The second kappa shape index (κ2) is 8.93. The summed E-state index contributed by atoms with van der Waals surface area (Å²) in [5.41, 5.74) is 2.36. The van der Waals surface area contributed by atoms with Crippen LogP contribution >= 0.6 is 0 Å². The summed E-state index contributed by atoms with van der Waals surface area (Å²) in [4.78, 5) is 29.6. The molecule has 0 bridgehead atoms. The second-order valence-electron chi connectivity index (χ2n) is 7.27. The van der Waals surface area contributed by atoms with E-state index in [1.165, 1.54) is 16.8 Å². The van der Waals surface area contributed by atoms with Crippen LogP contribution in [-0.4, -0.2) is 31.7 Å². The number of nitrogens with one attached hydrogen (secondary N) is 1. The number of aryl methyl sites for hydroxylation is 2. The summed E-state index contributed by atoms with van der Waals surface area (Å²) >= 11 is 0. The Bertz CT molecular complexity index is 1320. The lowest BCUT2D eigenvalue weighted by molar-refractivity contribution is -0.117. The van der Waals surface area contributed by atoms with Gasteiger partial charge in [0.25, 0.3) is 5.88 Å². The van der Waals surface area contributed by atoms with Gasteiger partial charge in [0, 0.05) is 12.4 Å². The molecule has 1 N–H and O–H groups in total. The fourth-order valence-corrected chi connectivity index (χ4v) is 3.38. The van der Waals surface area contributed by atoms with Crippen LogP contribution in [0.2, 0.25) is 0 Å². The van der Waals surface area contributed by atoms with Gasteiger partial charge < -0.3 is 14.8 Å². The number of hydrogen-bond donors (Lipinski definition) is 1. The minimum Gasteiger partial charge on any atom is -0.492 e.